The summed E-state index contributed by atoms with van der Waals surface area (Å²) in [5, 5.41) is 19.0. The third kappa shape index (κ3) is 3.94. The Morgan fingerprint density at radius 1 is 1.29 bits per heavy atom. The standard InChI is InChI=1S/C26H34N2O5S/c1-4-12-27(18-15-16(2)8-9-17(18)3)24(31)22-26-11-10-19(34-26)20(25(32)33)21(26)23(30)28(22)13-6-5-7-14-29/h4,8-9,15,19-22,29H,1,5-7,10-14H2,2-3H3,(H,32,33)/t19-,20+,21-,22?,26?/m0/s1. The molecule has 0 radical (unpaired) electrons. The number of aryl methyl sites for hydroxylation is 2. The molecular formula is C26H34N2O5S. The van der Waals surface area contributed by atoms with Crippen LogP contribution in [-0.2, 0) is 14.4 Å². The highest BCUT2D eigenvalue weighted by Crippen LogP contribution is 2.66. The van der Waals surface area contributed by atoms with Gasteiger partial charge in [-0.15, -0.1) is 18.3 Å². The second-order valence-electron chi connectivity index (χ2n) is 9.74. The molecule has 3 aliphatic heterocycles. The summed E-state index contributed by atoms with van der Waals surface area (Å²) in [5.41, 5.74) is 2.79. The topological polar surface area (TPSA) is 98.2 Å². The molecule has 4 rings (SSSR count). The second kappa shape index (κ2) is 9.74. The highest BCUT2D eigenvalue weighted by Gasteiger charge is 2.74. The molecule has 8 heteroatoms. The van der Waals surface area contributed by atoms with Crippen molar-refractivity contribution in [3.63, 3.8) is 0 Å². The molecule has 3 saturated heterocycles. The van der Waals surface area contributed by atoms with E-state index in [0.29, 0.717) is 38.8 Å². The van der Waals surface area contributed by atoms with Crippen molar-refractivity contribution in [2.45, 2.75) is 62.0 Å². The highest BCUT2D eigenvalue weighted by molar-refractivity contribution is 8.02. The number of amides is 2. The first-order valence-corrected chi connectivity index (χ1v) is 13.0. The normalized spacial score (nSPS) is 29.4. The molecule has 2 bridgehead atoms. The lowest BCUT2D eigenvalue weighted by molar-refractivity contribution is -0.148. The number of aliphatic hydroxyl groups is 1. The molecule has 0 aromatic heterocycles. The Balaban J connectivity index is 1.75. The number of likely N-dealkylation sites (tertiary alicyclic amines) is 1. The van der Waals surface area contributed by atoms with Gasteiger partial charge in [0.05, 0.1) is 16.6 Å². The number of thioether (sulfide) groups is 1. The molecule has 2 unspecified atom stereocenters. The monoisotopic (exact) mass is 486 g/mol. The zero-order chi connectivity index (χ0) is 24.6. The van der Waals surface area contributed by atoms with Gasteiger partial charge in [-0.25, -0.2) is 0 Å². The number of rotatable bonds is 10. The molecule has 184 valence electrons. The van der Waals surface area contributed by atoms with E-state index >= 15 is 0 Å². The lowest BCUT2D eigenvalue weighted by Crippen LogP contribution is -2.55. The van der Waals surface area contributed by atoms with Gasteiger partial charge in [0.1, 0.15) is 6.04 Å². The number of anilines is 1. The van der Waals surface area contributed by atoms with Crippen molar-refractivity contribution in [1.29, 1.82) is 0 Å². The van der Waals surface area contributed by atoms with E-state index in [9.17, 15) is 19.5 Å². The molecule has 0 saturated carbocycles. The third-order valence-electron chi connectivity index (χ3n) is 7.61. The van der Waals surface area contributed by atoms with Crippen LogP contribution < -0.4 is 4.90 Å². The lowest BCUT2D eigenvalue weighted by atomic mass is 9.71. The summed E-state index contributed by atoms with van der Waals surface area (Å²) in [7, 11) is 0. The van der Waals surface area contributed by atoms with Gasteiger partial charge >= 0.3 is 5.97 Å². The number of aliphatic carboxylic acids is 1. The predicted octanol–water partition coefficient (Wildman–Crippen LogP) is 3.16. The molecule has 2 N–H and O–H groups in total. The maximum atomic E-state index is 14.3. The van der Waals surface area contributed by atoms with Crippen molar-refractivity contribution in [3.05, 3.63) is 42.0 Å². The molecule has 0 aliphatic carbocycles. The molecule has 3 aliphatic rings. The van der Waals surface area contributed by atoms with Crippen molar-refractivity contribution in [2.75, 3.05) is 24.6 Å². The third-order valence-corrected chi connectivity index (χ3v) is 9.56. The van der Waals surface area contributed by atoms with Crippen LogP contribution in [0.4, 0.5) is 5.69 Å². The van der Waals surface area contributed by atoms with Crippen LogP contribution in [0, 0.1) is 25.7 Å². The molecule has 1 aromatic carbocycles. The minimum atomic E-state index is -0.941. The van der Waals surface area contributed by atoms with Crippen molar-refractivity contribution >= 4 is 35.2 Å². The lowest BCUT2D eigenvalue weighted by Gasteiger charge is -2.37. The van der Waals surface area contributed by atoms with E-state index in [1.165, 1.54) is 0 Å². The Bertz CT molecular complexity index is 997. The van der Waals surface area contributed by atoms with Gasteiger partial charge in [0.25, 0.3) is 5.91 Å². The van der Waals surface area contributed by atoms with Crippen LogP contribution in [0.1, 0.15) is 43.2 Å². The maximum absolute atomic E-state index is 14.3. The average molecular weight is 487 g/mol. The molecule has 3 heterocycles. The van der Waals surface area contributed by atoms with Crippen LogP contribution in [0.15, 0.2) is 30.9 Å². The van der Waals surface area contributed by atoms with Crippen LogP contribution >= 0.6 is 11.8 Å². The molecule has 34 heavy (non-hydrogen) atoms. The number of hydrogen-bond donors (Lipinski definition) is 2. The van der Waals surface area contributed by atoms with Crippen LogP contribution in [0.25, 0.3) is 0 Å². The number of carboxylic acids is 1. The van der Waals surface area contributed by atoms with Gasteiger partial charge in [0.15, 0.2) is 0 Å². The minimum absolute atomic E-state index is 0.0846. The van der Waals surface area contributed by atoms with E-state index in [-0.39, 0.29) is 23.7 Å². The minimum Gasteiger partial charge on any atom is -0.481 e. The fourth-order valence-electron chi connectivity index (χ4n) is 6.12. The van der Waals surface area contributed by atoms with Gasteiger partial charge in [-0.1, -0.05) is 18.2 Å². The molecule has 3 fully saturated rings. The van der Waals surface area contributed by atoms with E-state index in [1.807, 2.05) is 32.0 Å². The van der Waals surface area contributed by atoms with Gasteiger partial charge in [-0.05, 0) is 63.1 Å². The number of unbranched alkanes of at least 4 members (excludes halogenated alkanes) is 2. The van der Waals surface area contributed by atoms with Gasteiger partial charge in [0, 0.05) is 30.6 Å². The zero-order valence-electron chi connectivity index (χ0n) is 19.9. The van der Waals surface area contributed by atoms with E-state index in [4.69, 9.17) is 5.11 Å². The van der Waals surface area contributed by atoms with Crippen molar-refractivity contribution in [1.82, 2.24) is 4.90 Å². The van der Waals surface area contributed by atoms with Crippen LogP contribution in [0.5, 0.6) is 0 Å². The fraction of sp³-hybridized carbons (Fsp3) is 0.577. The Labute approximate surface area is 205 Å². The van der Waals surface area contributed by atoms with E-state index in [0.717, 1.165) is 23.2 Å². The summed E-state index contributed by atoms with van der Waals surface area (Å²) >= 11 is 1.55. The number of hydrogen-bond acceptors (Lipinski definition) is 5. The Morgan fingerprint density at radius 3 is 2.74 bits per heavy atom. The SMILES string of the molecule is C=CCN(C(=O)C1N(CCCCCO)C(=O)[C@@H]2[C@H](C(=O)O)[C@@H]3CCC12S3)c1cc(C)ccc1C. The first-order valence-electron chi connectivity index (χ1n) is 12.1. The summed E-state index contributed by atoms with van der Waals surface area (Å²) < 4.78 is -0.712. The predicted molar refractivity (Wildman–Crippen MR) is 133 cm³/mol. The van der Waals surface area contributed by atoms with Gasteiger partial charge in [0.2, 0.25) is 5.91 Å². The molecule has 1 spiro atoms. The maximum Gasteiger partial charge on any atom is 0.308 e. The Morgan fingerprint density at radius 2 is 2.06 bits per heavy atom. The van der Waals surface area contributed by atoms with Crippen LogP contribution in [-0.4, -0.2) is 68.6 Å². The number of nitrogens with zero attached hydrogens (tertiary/aromatic N) is 2. The number of fused-ring (bicyclic) bond motifs is 1. The molecular weight excluding hydrogens is 452 g/mol. The smallest absolute Gasteiger partial charge is 0.308 e. The van der Waals surface area contributed by atoms with Gasteiger partial charge in [-0.3, -0.25) is 14.4 Å². The van der Waals surface area contributed by atoms with Gasteiger partial charge in [-0.2, -0.15) is 0 Å². The number of aliphatic hydroxyl groups excluding tert-OH is 1. The number of carbonyl (C=O) groups excluding carboxylic acids is 2. The van der Waals surface area contributed by atoms with Crippen LogP contribution in [0.3, 0.4) is 0 Å². The summed E-state index contributed by atoms with van der Waals surface area (Å²) in [4.78, 5) is 43.6. The Hall–Kier alpha value is -2.32. The van der Waals surface area contributed by atoms with E-state index < -0.39 is 28.6 Å². The molecule has 7 nitrogen and oxygen atoms in total. The second-order valence-corrected chi connectivity index (χ2v) is 11.3. The number of carbonyl (C=O) groups is 3. The highest BCUT2D eigenvalue weighted by atomic mass is 32.2. The average Bonchev–Trinajstić information content (AvgIpc) is 3.44. The number of carboxylic acid groups (broad SMARTS) is 1. The quantitative estimate of drug-likeness (QED) is 0.389. The largest absolute Gasteiger partial charge is 0.481 e. The van der Waals surface area contributed by atoms with Crippen molar-refractivity contribution in [3.8, 4) is 0 Å². The number of benzene rings is 1. The fourth-order valence-corrected chi connectivity index (χ4v) is 8.33. The summed E-state index contributed by atoms with van der Waals surface area (Å²) in [5.74, 6) is -2.74. The molecule has 5 atom stereocenters. The Kier molecular flexibility index (Phi) is 7.10. The van der Waals surface area contributed by atoms with E-state index in [1.54, 1.807) is 27.6 Å². The summed E-state index contributed by atoms with van der Waals surface area (Å²) in [6, 6.07) is 5.26. The first-order chi connectivity index (χ1) is 16.3. The summed E-state index contributed by atoms with van der Waals surface area (Å²) in [6.45, 7) is 8.58. The zero-order valence-corrected chi connectivity index (χ0v) is 20.7. The molecule has 1 aromatic rings. The summed E-state index contributed by atoms with van der Waals surface area (Å²) in [6.07, 6.45) is 5.10. The van der Waals surface area contributed by atoms with Crippen LogP contribution in [0.2, 0.25) is 0 Å². The first kappa shape index (κ1) is 24.8. The van der Waals surface area contributed by atoms with E-state index in [2.05, 4.69) is 6.58 Å². The van der Waals surface area contributed by atoms with Crippen molar-refractivity contribution in [2.24, 2.45) is 11.8 Å². The van der Waals surface area contributed by atoms with Crippen molar-refractivity contribution < 1.29 is 24.6 Å². The molecule has 2 amide bonds. The van der Waals surface area contributed by atoms with Gasteiger partial charge < -0.3 is 20.0 Å².